The maximum atomic E-state index is 14.0. The third-order valence-corrected chi connectivity index (χ3v) is 8.67. The number of halogens is 6. The molecule has 0 radical (unpaired) electrons. The van der Waals surface area contributed by atoms with Crippen molar-refractivity contribution in [3.05, 3.63) is 81.4 Å². The summed E-state index contributed by atoms with van der Waals surface area (Å²) in [6.07, 6.45) is -2.31. The molecule has 0 unspecified atom stereocenters. The minimum absolute atomic E-state index is 0.0757. The van der Waals surface area contributed by atoms with Crippen molar-refractivity contribution < 1.29 is 26.0 Å². The average molecular weight is 635 g/mol. The molecule has 40 heavy (non-hydrogen) atoms. The van der Waals surface area contributed by atoms with Crippen molar-refractivity contribution in [3.63, 3.8) is 0 Å². The van der Waals surface area contributed by atoms with Crippen molar-refractivity contribution in [1.82, 2.24) is 29.5 Å². The van der Waals surface area contributed by atoms with Crippen molar-refractivity contribution in [2.24, 2.45) is 0 Å². The summed E-state index contributed by atoms with van der Waals surface area (Å²) >= 11 is 12.2. The van der Waals surface area contributed by atoms with Crippen molar-refractivity contribution in [2.75, 3.05) is 12.0 Å². The van der Waals surface area contributed by atoms with Gasteiger partial charge in [-0.15, -0.1) is 10.2 Å². The summed E-state index contributed by atoms with van der Waals surface area (Å²) in [7, 11) is -3.90. The number of nitrogens with zero attached hydrogens (tertiary/aromatic N) is 6. The van der Waals surface area contributed by atoms with Gasteiger partial charge in [-0.05, 0) is 23.3 Å². The van der Waals surface area contributed by atoms with Gasteiger partial charge in [0.2, 0.25) is 10.3 Å². The lowest BCUT2D eigenvalue weighted by atomic mass is 10.0. The van der Waals surface area contributed by atoms with Gasteiger partial charge in [0.15, 0.2) is 36.0 Å². The summed E-state index contributed by atoms with van der Waals surface area (Å²) in [5.74, 6) is 0.151. The van der Waals surface area contributed by atoms with Crippen LogP contribution in [0.5, 0.6) is 0 Å². The number of fused-ring (bicyclic) bond motifs is 2. The van der Waals surface area contributed by atoms with Crippen molar-refractivity contribution in [1.29, 1.82) is 0 Å². The monoisotopic (exact) mass is 634 g/mol. The number of alkyl halides is 4. The van der Waals surface area contributed by atoms with E-state index in [1.807, 2.05) is 0 Å². The lowest BCUT2D eigenvalue weighted by molar-refractivity contribution is 0.326. The lowest BCUT2D eigenvalue weighted by Crippen LogP contribution is -2.09. The number of hydrogen-bond acceptors (Lipinski definition) is 6. The smallest absolute Gasteiger partial charge is 0.241 e. The van der Waals surface area contributed by atoms with Gasteiger partial charge < -0.3 is 0 Å². The highest BCUT2D eigenvalue weighted by atomic mass is 35.5. The fraction of sp³-hybridized carbons (Fsp3) is 0.333. The first-order chi connectivity index (χ1) is 19.2. The van der Waals surface area contributed by atoms with Crippen LogP contribution in [0.1, 0.15) is 60.0 Å². The van der Waals surface area contributed by atoms with Gasteiger partial charge in [-0.25, -0.2) is 45.3 Å². The summed E-state index contributed by atoms with van der Waals surface area (Å²) in [6.45, 7) is 0. The topological polar surface area (TPSA) is 95.6 Å². The Morgan fingerprint density at radius 2 is 1.10 bits per heavy atom. The SMILES string of the molecule is O=[S@@](CF)c1nc2n(n1)[C@H](c1ccccc1Cl)C[C@@H]2F.O=[S@](CF)c1nc2n(n1)[C@H](c1ccccc1Cl)C[C@@H]2F. The molecule has 0 fully saturated rings. The van der Waals surface area contributed by atoms with Gasteiger partial charge in [0, 0.05) is 22.9 Å². The van der Waals surface area contributed by atoms with Crippen LogP contribution in [0.3, 0.4) is 0 Å². The van der Waals surface area contributed by atoms with E-state index in [1.54, 1.807) is 48.5 Å². The molecule has 0 saturated heterocycles. The van der Waals surface area contributed by atoms with E-state index in [2.05, 4.69) is 20.2 Å². The zero-order valence-corrected chi connectivity index (χ0v) is 23.5. The molecule has 6 rings (SSSR count). The van der Waals surface area contributed by atoms with Gasteiger partial charge in [-0.3, -0.25) is 0 Å². The second-order valence-electron chi connectivity index (χ2n) is 8.78. The van der Waals surface area contributed by atoms with Crippen LogP contribution in [0.4, 0.5) is 17.6 Å². The molecule has 4 aromatic rings. The molecule has 0 amide bonds. The summed E-state index contributed by atoms with van der Waals surface area (Å²) in [6, 6.07) is 11.1. The Balaban J connectivity index is 0.000000161. The fourth-order valence-corrected chi connectivity index (χ4v) is 6.08. The van der Waals surface area contributed by atoms with E-state index < -0.39 is 58.0 Å². The quantitative estimate of drug-likeness (QED) is 0.244. The van der Waals surface area contributed by atoms with Crippen LogP contribution in [0.15, 0.2) is 58.8 Å². The van der Waals surface area contributed by atoms with Crippen molar-refractivity contribution in [3.8, 4) is 0 Å². The van der Waals surface area contributed by atoms with Crippen LogP contribution < -0.4 is 0 Å². The predicted octanol–water partition coefficient (Wildman–Crippen LogP) is 5.94. The molecule has 212 valence electrons. The normalized spacial score (nSPS) is 22.8. The van der Waals surface area contributed by atoms with E-state index in [0.29, 0.717) is 10.0 Å². The third-order valence-electron chi connectivity index (χ3n) is 6.42. The van der Waals surface area contributed by atoms with Gasteiger partial charge in [0.1, 0.15) is 21.6 Å². The molecule has 0 bridgehead atoms. The predicted molar refractivity (Wildman–Crippen MR) is 141 cm³/mol. The maximum absolute atomic E-state index is 14.0. The molecule has 0 saturated carbocycles. The van der Waals surface area contributed by atoms with Crippen LogP contribution in [0.25, 0.3) is 0 Å². The number of hydrogen-bond donors (Lipinski definition) is 0. The third kappa shape index (κ3) is 5.46. The van der Waals surface area contributed by atoms with Gasteiger partial charge in [-0.2, -0.15) is 0 Å². The molecular weight excluding hydrogens is 615 g/mol. The van der Waals surface area contributed by atoms with E-state index in [4.69, 9.17) is 23.2 Å². The fourth-order valence-electron chi connectivity index (χ4n) is 4.62. The Bertz CT molecular complexity index is 1470. The Hall–Kier alpha value is -2.68. The highest BCUT2D eigenvalue weighted by molar-refractivity contribution is 7.84. The summed E-state index contributed by atoms with van der Waals surface area (Å²) in [5, 5.41) is 8.60. The Kier molecular flexibility index (Phi) is 8.69. The Morgan fingerprint density at radius 1 is 0.725 bits per heavy atom. The van der Waals surface area contributed by atoms with E-state index in [9.17, 15) is 26.0 Å². The molecule has 4 heterocycles. The summed E-state index contributed by atoms with van der Waals surface area (Å²) < 4.78 is 78.3. The van der Waals surface area contributed by atoms with Crippen molar-refractivity contribution in [2.45, 2.75) is 47.6 Å². The maximum Gasteiger partial charge on any atom is 0.241 e. The highest BCUT2D eigenvalue weighted by Gasteiger charge is 2.38. The van der Waals surface area contributed by atoms with E-state index in [0.717, 1.165) is 11.1 Å². The molecule has 16 heteroatoms. The second kappa shape index (κ2) is 12.0. The van der Waals surface area contributed by atoms with Crippen LogP contribution in [0.2, 0.25) is 10.0 Å². The zero-order chi connectivity index (χ0) is 28.6. The molecule has 8 nitrogen and oxygen atoms in total. The largest absolute Gasteiger partial charge is 0.248 e. The first kappa shape index (κ1) is 28.8. The summed E-state index contributed by atoms with van der Waals surface area (Å²) in [5.41, 5.74) is 1.44. The summed E-state index contributed by atoms with van der Waals surface area (Å²) in [4.78, 5) is 7.68. The van der Waals surface area contributed by atoms with E-state index >= 15 is 0 Å². The van der Waals surface area contributed by atoms with Gasteiger partial charge in [0.25, 0.3) is 0 Å². The second-order valence-corrected chi connectivity index (χ2v) is 12.1. The minimum atomic E-state index is -1.95. The molecule has 0 spiro atoms. The van der Waals surface area contributed by atoms with E-state index in [-0.39, 0.29) is 34.8 Å². The first-order valence-electron chi connectivity index (χ1n) is 11.8. The van der Waals surface area contributed by atoms with E-state index in [1.165, 1.54) is 9.36 Å². The molecule has 2 aromatic heterocycles. The molecule has 6 atom stereocenters. The van der Waals surface area contributed by atoms with Crippen LogP contribution >= 0.6 is 23.2 Å². The number of benzene rings is 2. The van der Waals surface area contributed by atoms with Crippen LogP contribution in [-0.4, -0.2) is 50.0 Å². The standard InChI is InChI=1S/2C12H10ClF2N3OS/c2*13-8-4-2-1-3-7(8)10-5-9(15)11-16-12(17-18(10)11)20(19)6-14/h2*1-4,9-10H,5-6H2/t9-,10-,20+;9-,10-,20-/m00/s1. The molecule has 0 N–H and O–H groups in total. The van der Waals surface area contributed by atoms with Gasteiger partial charge in [-0.1, -0.05) is 59.6 Å². The van der Waals surface area contributed by atoms with Crippen LogP contribution in [0, 0.1) is 0 Å². The molecule has 2 aliphatic heterocycles. The number of aromatic nitrogens is 6. The molecule has 2 aliphatic rings. The average Bonchev–Trinajstić information content (AvgIpc) is 3.72. The molecular formula is C24H20Cl2F4N6O2S2. The first-order valence-corrected chi connectivity index (χ1v) is 15.2. The van der Waals surface area contributed by atoms with Crippen LogP contribution in [-0.2, 0) is 21.6 Å². The lowest BCUT2D eigenvalue weighted by Gasteiger charge is -2.13. The molecule has 0 aliphatic carbocycles. The van der Waals surface area contributed by atoms with Crippen molar-refractivity contribution >= 4 is 44.8 Å². The zero-order valence-electron chi connectivity index (χ0n) is 20.3. The number of rotatable bonds is 6. The van der Waals surface area contributed by atoms with Gasteiger partial charge in [0.05, 0.1) is 12.1 Å². The highest BCUT2D eigenvalue weighted by Crippen LogP contribution is 2.42. The molecule has 2 aromatic carbocycles. The minimum Gasteiger partial charge on any atom is -0.248 e. The Labute approximate surface area is 240 Å². The van der Waals surface area contributed by atoms with Gasteiger partial charge >= 0.3 is 0 Å². The Morgan fingerprint density at radius 3 is 1.45 bits per heavy atom.